The molecule has 0 saturated carbocycles. The van der Waals surface area contributed by atoms with Crippen LogP contribution in [0.15, 0.2) is 65.6 Å². The maximum atomic E-state index is 4.92. The first-order chi connectivity index (χ1) is 13.7. The molecule has 28 heavy (non-hydrogen) atoms. The van der Waals surface area contributed by atoms with E-state index in [-0.39, 0.29) is 6.04 Å². The van der Waals surface area contributed by atoms with Crippen LogP contribution in [0.4, 0.5) is 5.13 Å². The van der Waals surface area contributed by atoms with Crippen molar-refractivity contribution in [1.29, 1.82) is 0 Å². The van der Waals surface area contributed by atoms with E-state index in [4.69, 9.17) is 10.1 Å². The highest BCUT2D eigenvalue weighted by Crippen LogP contribution is 2.39. The largest absolute Gasteiger partial charge is 0.275 e. The quantitative estimate of drug-likeness (QED) is 0.535. The molecular weight excluding hydrogens is 370 g/mol. The number of hydrogen-bond acceptors (Lipinski definition) is 6. The third-order valence-corrected chi connectivity index (χ3v) is 5.65. The Balaban J connectivity index is 1.53. The molecule has 7 nitrogen and oxygen atoms in total. The van der Waals surface area contributed by atoms with Crippen molar-refractivity contribution < 1.29 is 0 Å². The molecule has 1 atom stereocenters. The number of rotatable bonds is 4. The maximum absolute atomic E-state index is 4.92. The second-order valence-electron chi connectivity index (χ2n) is 6.84. The zero-order valence-electron chi connectivity index (χ0n) is 15.6. The lowest BCUT2D eigenvalue weighted by Crippen LogP contribution is -2.18. The van der Waals surface area contributed by atoms with E-state index in [1.807, 2.05) is 66.8 Å². The van der Waals surface area contributed by atoms with E-state index in [1.54, 1.807) is 16.0 Å². The molecule has 0 unspecified atom stereocenters. The van der Waals surface area contributed by atoms with E-state index < -0.39 is 0 Å². The molecule has 0 amide bonds. The van der Waals surface area contributed by atoms with Crippen LogP contribution in [0.2, 0.25) is 0 Å². The fourth-order valence-corrected chi connectivity index (χ4v) is 4.25. The van der Waals surface area contributed by atoms with Gasteiger partial charge in [-0.1, -0.05) is 30.3 Å². The first-order valence-electron chi connectivity index (χ1n) is 9.02. The summed E-state index contributed by atoms with van der Waals surface area (Å²) in [5, 5.41) is 18.6. The number of hydrogen-bond donors (Lipinski definition) is 0. The Morgan fingerprint density at radius 1 is 0.964 bits per heavy atom. The molecule has 0 N–H and O–H groups in total. The van der Waals surface area contributed by atoms with E-state index in [1.165, 1.54) is 0 Å². The van der Waals surface area contributed by atoms with Crippen molar-refractivity contribution in [2.45, 2.75) is 12.5 Å². The lowest BCUT2D eigenvalue weighted by molar-refractivity contribution is 0.703. The molecule has 1 aliphatic rings. The Kier molecular flexibility index (Phi) is 4.05. The summed E-state index contributed by atoms with van der Waals surface area (Å²) in [5.41, 5.74) is 5.26. The topological polar surface area (TPSA) is 64.1 Å². The molecule has 8 heteroatoms. The SMILES string of the molecule is Cn1cc(C2=NN(c3nc(-c4ccccc4)cs3)[C@H](c3cnn(C)c3)C2)cn1. The van der Waals surface area contributed by atoms with Crippen LogP contribution in [0.1, 0.15) is 23.6 Å². The van der Waals surface area contributed by atoms with Gasteiger partial charge in [-0.05, 0) is 0 Å². The molecule has 0 bridgehead atoms. The fourth-order valence-electron chi connectivity index (χ4n) is 3.41. The van der Waals surface area contributed by atoms with Crippen molar-refractivity contribution in [3.05, 3.63) is 71.6 Å². The average molecular weight is 389 g/mol. The number of hydrazone groups is 1. The third-order valence-electron chi connectivity index (χ3n) is 4.82. The zero-order chi connectivity index (χ0) is 19.1. The molecule has 140 valence electrons. The number of benzene rings is 1. The summed E-state index contributed by atoms with van der Waals surface area (Å²) in [6.07, 6.45) is 8.60. The van der Waals surface area contributed by atoms with Gasteiger partial charge in [0.15, 0.2) is 0 Å². The van der Waals surface area contributed by atoms with E-state index in [9.17, 15) is 0 Å². The summed E-state index contributed by atoms with van der Waals surface area (Å²) in [6, 6.07) is 10.3. The van der Waals surface area contributed by atoms with Gasteiger partial charge in [-0.25, -0.2) is 9.99 Å². The molecule has 0 aliphatic carbocycles. The molecule has 0 radical (unpaired) electrons. The lowest BCUT2D eigenvalue weighted by Gasteiger charge is -2.19. The van der Waals surface area contributed by atoms with Crippen LogP contribution >= 0.6 is 11.3 Å². The van der Waals surface area contributed by atoms with Gasteiger partial charge in [0.05, 0.1) is 29.8 Å². The van der Waals surface area contributed by atoms with Crippen LogP contribution in [0.3, 0.4) is 0 Å². The van der Waals surface area contributed by atoms with Crippen molar-refractivity contribution >= 4 is 22.2 Å². The van der Waals surface area contributed by atoms with E-state index in [0.717, 1.165) is 39.6 Å². The first-order valence-corrected chi connectivity index (χ1v) is 9.90. The van der Waals surface area contributed by atoms with Gasteiger partial charge in [-0.3, -0.25) is 9.36 Å². The first kappa shape index (κ1) is 16.9. The van der Waals surface area contributed by atoms with Crippen LogP contribution < -0.4 is 5.01 Å². The summed E-state index contributed by atoms with van der Waals surface area (Å²) >= 11 is 1.61. The molecule has 0 spiro atoms. The van der Waals surface area contributed by atoms with Gasteiger partial charge in [0, 0.05) is 55.0 Å². The Morgan fingerprint density at radius 3 is 2.46 bits per heavy atom. The minimum Gasteiger partial charge on any atom is -0.275 e. The number of anilines is 1. The van der Waals surface area contributed by atoms with Crippen molar-refractivity contribution in [2.75, 3.05) is 5.01 Å². The van der Waals surface area contributed by atoms with Crippen molar-refractivity contribution in [3.8, 4) is 11.3 Å². The molecule has 4 heterocycles. The summed E-state index contributed by atoms with van der Waals surface area (Å²) < 4.78 is 3.63. The number of nitrogens with zero attached hydrogens (tertiary/aromatic N) is 7. The molecule has 4 aromatic rings. The van der Waals surface area contributed by atoms with Gasteiger partial charge in [0.2, 0.25) is 5.13 Å². The highest BCUT2D eigenvalue weighted by Gasteiger charge is 2.33. The van der Waals surface area contributed by atoms with E-state index >= 15 is 0 Å². The Bertz CT molecular complexity index is 1140. The third kappa shape index (κ3) is 3.01. The van der Waals surface area contributed by atoms with Gasteiger partial charge >= 0.3 is 0 Å². The molecule has 0 fully saturated rings. The highest BCUT2D eigenvalue weighted by atomic mass is 32.1. The maximum Gasteiger partial charge on any atom is 0.207 e. The Labute approximate surface area is 166 Å². The molecule has 1 aliphatic heterocycles. The molecular formula is C20H19N7S. The molecule has 1 aromatic carbocycles. The second kappa shape index (κ2) is 6.72. The standard InChI is InChI=1S/C20H19N7S/c1-25-11-15(9-21-25)17-8-19(16-10-22-26(2)12-16)27(24-17)20-23-18(13-28-20)14-6-4-3-5-7-14/h3-7,9-13,19H,8H2,1-2H3/t19-/m0/s1. The second-order valence-corrected chi connectivity index (χ2v) is 7.68. The summed E-state index contributed by atoms with van der Waals surface area (Å²) in [7, 11) is 3.85. The Morgan fingerprint density at radius 2 is 1.75 bits per heavy atom. The molecule has 0 saturated heterocycles. The molecule has 3 aromatic heterocycles. The predicted molar refractivity (Wildman–Crippen MR) is 110 cm³/mol. The van der Waals surface area contributed by atoms with E-state index in [0.29, 0.717) is 0 Å². The zero-order valence-corrected chi connectivity index (χ0v) is 16.4. The van der Waals surface area contributed by atoms with Crippen molar-refractivity contribution in [1.82, 2.24) is 24.5 Å². The van der Waals surface area contributed by atoms with Crippen LogP contribution in [0, 0.1) is 0 Å². The summed E-state index contributed by atoms with van der Waals surface area (Å²) in [4.78, 5) is 4.87. The van der Waals surface area contributed by atoms with Gasteiger partial charge in [0.25, 0.3) is 0 Å². The lowest BCUT2D eigenvalue weighted by atomic mass is 10.0. The van der Waals surface area contributed by atoms with Crippen LogP contribution in [0.5, 0.6) is 0 Å². The Hall–Kier alpha value is -3.26. The normalized spacial score (nSPS) is 16.6. The number of aryl methyl sites for hydroxylation is 2. The summed E-state index contributed by atoms with van der Waals surface area (Å²) in [5.74, 6) is 0. The number of aromatic nitrogens is 5. The van der Waals surface area contributed by atoms with Crippen molar-refractivity contribution in [2.24, 2.45) is 19.2 Å². The highest BCUT2D eigenvalue weighted by molar-refractivity contribution is 7.14. The van der Waals surface area contributed by atoms with Crippen molar-refractivity contribution in [3.63, 3.8) is 0 Å². The molecule has 5 rings (SSSR count). The monoisotopic (exact) mass is 389 g/mol. The van der Waals surface area contributed by atoms with E-state index in [2.05, 4.69) is 27.7 Å². The fraction of sp³-hybridized carbons (Fsp3) is 0.200. The number of thiazole rings is 1. The van der Waals surface area contributed by atoms with Crippen LogP contribution in [0.25, 0.3) is 11.3 Å². The smallest absolute Gasteiger partial charge is 0.207 e. The van der Waals surface area contributed by atoms with Gasteiger partial charge in [-0.2, -0.15) is 15.3 Å². The predicted octanol–water partition coefficient (Wildman–Crippen LogP) is 3.63. The van der Waals surface area contributed by atoms with Crippen LogP contribution in [-0.2, 0) is 14.1 Å². The minimum absolute atomic E-state index is 0.0682. The summed E-state index contributed by atoms with van der Waals surface area (Å²) in [6.45, 7) is 0. The van der Waals surface area contributed by atoms with Gasteiger partial charge in [0.1, 0.15) is 0 Å². The average Bonchev–Trinajstić information content (AvgIpc) is 3.48. The van der Waals surface area contributed by atoms with Gasteiger partial charge < -0.3 is 0 Å². The van der Waals surface area contributed by atoms with Gasteiger partial charge in [-0.15, -0.1) is 11.3 Å². The minimum atomic E-state index is 0.0682. The van der Waals surface area contributed by atoms with Crippen LogP contribution in [-0.4, -0.2) is 30.3 Å².